The highest BCUT2D eigenvalue weighted by Gasteiger charge is 2.18. The van der Waals surface area contributed by atoms with Crippen LogP contribution >= 0.6 is 11.8 Å². The molecular weight excluding hydrogens is 294 g/mol. The Morgan fingerprint density at radius 1 is 1.18 bits per heavy atom. The quantitative estimate of drug-likeness (QED) is 0.910. The molecule has 1 heterocycles. The maximum atomic E-state index is 11.0. The Hall–Kier alpha value is -2.04. The van der Waals surface area contributed by atoms with Crippen molar-refractivity contribution in [2.24, 2.45) is 5.73 Å². The van der Waals surface area contributed by atoms with E-state index >= 15 is 0 Å². The smallest absolute Gasteiger partial charge is 0.320 e. The fourth-order valence-corrected chi connectivity index (χ4v) is 3.66. The van der Waals surface area contributed by atoms with Crippen LogP contribution in [-0.2, 0) is 10.5 Å². The largest absolute Gasteiger partial charge is 0.480 e. The summed E-state index contributed by atoms with van der Waals surface area (Å²) in [5.74, 6) is -0.0587. The Kier molecular flexibility index (Phi) is 4.32. The van der Waals surface area contributed by atoms with Gasteiger partial charge in [-0.3, -0.25) is 4.79 Å². The van der Waals surface area contributed by atoms with Crippen LogP contribution in [0.3, 0.4) is 0 Å². The molecule has 0 saturated heterocycles. The Labute approximate surface area is 133 Å². The normalized spacial score (nSPS) is 16.5. The van der Waals surface area contributed by atoms with Crippen molar-refractivity contribution < 1.29 is 9.90 Å². The molecule has 0 bridgehead atoms. The number of carboxylic acids is 1. The van der Waals surface area contributed by atoms with Crippen molar-refractivity contribution in [3.63, 3.8) is 0 Å². The van der Waals surface area contributed by atoms with Crippen molar-refractivity contribution >= 4 is 23.3 Å². The van der Waals surface area contributed by atoms with Gasteiger partial charge < -0.3 is 10.8 Å². The summed E-state index contributed by atoms with van der Waals surface area (Å²) in [7, 11) is 0. The molecule has 112 valence electrons. The maximum absolute atomic E-state index is 11.0. The predicted octanol–water partition coefficient (Wildman–Crippen LogP) is 3.53. The number of hydrogen-bond donors (Lipinski definition) is 2. The topological polar surface area (TPSA) is 63.3 Å². The highest BCUT2D eigenvalue weighted by atomic mass is 32.2. The van der Waals surface area contributed by atoms with Gasteiger partial charge in [-0.1, -0.05) is 48.5 Å². The van der Waals surface area contributed by atoms with E-state index in [0.29, 0.717) is 6.42 Å². The number of hydrogen-bond acceptors (Lipinski definition) is 3. The average Bonchev–Trinajstić information content (AvgIpc) is 2.69. The highest BCUT2D eigenvalue weighted by molar-refractivity contribution is 7.98. The zero-order chi connectivity index (χ0) is 15.5. The van der Waals surface area contributed by atoms with Gasteiger partial charge in [-0.2, -0.15) is 0 Å². The molecule has 0 radical (unpaired) electrons. The lowest BCUT2D eigenvalue weighted by molar-refractivity contribution is -0.138. The minimum Gasteiger partial charge on any atom is -0.480 e. The third kappa shape index (κ3) is 2.93. The molecule has 0 aromatic heterocycles. The van der Waals surface area contributed by atoms with Gasteiger partial charge in [0, 0.05) is 10.6 Å². The van der Waals surface area contributed by atoms with Gasteiger partial charge in [-0.15, -0.1) is 11.8 Å². The summed E-state index contributed by atoms with van der Waals surface area (Å²) in [4.78, 5) is 12.2. The van der Waals surface area contributed by atoms with E-state index in [0.717, 1.165) is 22.5 Å². The molecule has 3 nitrogen and oxygen atoms in total. The fourth-order valence-electron chi connectivity index (χ4n) is 2.59. The van der Waals surface area contributed by atoms with Crippen LogP contribution in [0.4, 0.5) is 0 Å². The summed E-state index contributed by atoms with van der Waals surface area (Å²) in [5.41, 5.74) is 10.3. The molecule has 4 heteroatoms. The van der Waals surface area contributed by atoms with Crippen molar-refractivity contribution in [2.75, 3.05) is 0 Å². The van der Waals surface area contributed by atoms with Crippen LogP contribution in [0.1, 0.15) is 23.1 Å². The van der Waals surface area contributed by atoms with Gasteiger partial charge in [0.1, 0.15) is 6.04 Å². The lowest BCUT2D eigenvalue weighted by Crippen LogP contribution is -2.29. The molecule has 0 aliphatic carbocycles. The molecule has 22 heavy (non-hydrogen) atoms. The minimum atomic E-state index is -0.971. The summed E-state index contributed by atoms with van der Waals surface area (Å²) in [6.07, 6.45) is 2.28. The van der Waals surface area contributed by atoms with Gasteiger partial charge in [0.15, 0.2) is 0 Å². The number of thioether (sulfide) groups is 1. The van der Waals surface area contributed by atoms with Crippen LogP contribution in [0.5, 0.6) is 0 Å². The number of fused-ring (bicyclic) bond motifs is 2. The van der Waals surface area contributed by atoms with E-state index in [2.05, 4.69) is 24.3 Å². The molecular formula is C18H17NO2S. The van der Waals surface area contributed by atoms with Crippen LogP contribution in [-0.4, -0.2) is 17.1 Å². The van der Waals surface area contributed by atoms with E-state index in [4.69, 9.17) is 10.8 Å². The average molecular weight is 311 g/mol. The van der Waals surface area contributed by atoms with Gasteiger partial charge in [0.25, 0.3) is 0 Å². The van der Waals surface area contributed by atoms with E-state index in [1.165, 1.54) is 10.5 Å². The third-order valence-corrected chi connectivity index (χ3v) is 4.88. The first-order valence-electron chi connectivity index (χ1n) is 7.16. The molecule has 1 atom stereocenters. The molecule has 0 saturated carbocycles. The Balaban J connectivity index is 2.10. The summed E-state index contributed by atoms with van der Waals surface area (Å²) >= 11 is 1.81. The SMILES string of the molecule is NC(C/C=C1\c2ccccc2CSc2ccccc21)C(=O)O. The molecule has 1 unspecified atom stereocenters. The molecule has 3 N–H and O–H groups in total. The first-order chi connectivity index (χ1) is 10.7. The minimum absolute atomic E-state index is 0.317. The van der Waals surface area contributed by atoms with Gasteiger partial charge in [0.05, 0.1) is 0 Å². The van der Waals surface area contributed by atoms with E-state index in [1.807, 2.05) is 42.1 Å². The van der Waals surface area contributed by atoms with Gasteiger partial charge in [0.2, 0.25) is 0 Å². The Morgan fingerprint density at radius 3 is 2.64 bits per heavy atom. The summed E-state index contributed by atoms with van der Waals surface area (Å²) in [6, 6.07) is 15.6. The second-order valence-corrected chi connectivity index (χ2v) is 6.26. The van der Waals surface area contributed by atoms with Crippen LogP contribution < -0.4 is 5.73 Å². The first kappa shape index (κ1) is 14.9. The summed E-state index contributed by atoms with van der Waals surface area (Å²) < 4.78 is 0. The molecule has 1 aliphatic rings. The van der Waals surface area contributed by atoms with Crippen molar-refractivity contribution in [1.82, 2.24) is 0 Å². The standard InChI is InChI=1S/C18H17NO2S/c19-16(18(20)21)10-9-14-13-6-2-1-5-12(13)11-22-17-8-4-3-7-15(14)17/h1-9,16H,10-11,19H2,(H,20,21)/b14-9+. The molecule has 3 rings (SSSR count). The highest BCUT2D eigenvalue weighted by Crippen LogP contribution is 2.40. The van der Waals surface area contributed by atoms with E-state index in [1.54, 1.807) is 0 Å². The van der Waals surface area contributed by atoms with E-state index in [9.17, 15) is 4.79 Å². The Bertz CT molecular complexity index is 690. The lowest BCUT2D eigenvalue weighted by atomic mass is 9.93. The van der Waals surface area contributed by atoms with Crippen molar-refractivity contribution in [3.8, 4) is 0 Å². The second kappa shape index (κ2) is 6.38. The number of rotatable bonds is 3. The number of benzene rings is 2. The van der Waals surface area contributed by atoms with Crippen molar-refractivity contribution in [2.45, 2.75) is 23.1 Å². The molecule has 0 fully saturated rings. The predicted molar refractivity (Wildman–Crippen MR) is 89.8 cm³/mol. The second-order valence-electron chi connectivity index (χ2n) is 5.24. The molecule has 2 aromatic rings. The zero-order valence-electron chi connectivity index (χ0n) is 12.0. The number of aliphatic carboxylic acids is 1. The molecule has 0 spiro atoms. The van der Waals surface area contributed by atoms with Gasteiger partial charge in [-0.25, -0.2) is 0 Å². The van der Waals surface area contributed by atoms with Crippen LogP contribution in [0, 0.1) is 0 Å². The number of carboxylic acid groups (broad SMARTS) is 1. The van der Waals surface area contributed by atoms with Gasteiger partial charge >= 0.3 is 5.97 Å². The van der Waals surface area contributed by atoms with Crippen LogP contribution in [0.2, 0.25) is 0 Å². The lowest BCUT2D eigenvalue weighted by Gasteiger charge is -2.12. The first-order valence-corrected chi connectivity index (χ1v) is 8.14. The Morgan fingerprint density at radius 2 is 1.86 bits per heavy atom. The molecule has 1 aliphatic heterocycles. The fraction of sp³-hybridized carbons (Fsp3) is 0.167. The van der Waals surface area contributed by atoms with Crippen LogP contribution in [0.25, 0.3) is 5.57 Å². The van der Waals surface area contributed by atoms with E-state index < -0.39 is 12.0 Å². The molecule has 0 amide bonds. The monoisotopic (exact) mass is 311 g/mol. The van der Waals surface area contributed by atoms with E-state index in [-0.39, 0.29) is 0 Å². The zero-order valence-corrected chi connectivity index (χ0v) is 12.8. The summed E-state index contributed by atoms with van der Waals surface area (Å²) in [6.45, 7) is 0. The third-order valence-electron chi connectivity index (χ3n) is 3.76. The maximum Gasteiger partial charge on any atom is 0.320 e. The molecule has 2 aromatic carbocycles. The van der Waals surface area contributed by atoms with Crippen molar-refractivity contribution in [3.05, 3.63) is 71.3 Å². The van der Waals surface area contributed by atoms with Crippen molar-refractivity contribution in [1.29, 1.82) is 0 Å². The van der Waals surface area contributed by atoms with Gasteiger partial charge in [-0.05, 0) is 34.8 Å². The number of carbonyl (C=O) groups is 1. The summed E-state index contributed by atoms with van der Waals surface area (Å²) in [5, 5.41) is 9.00. The van der Waals surface area contributed by atoms with Crippen LogP contribution in [0.15, 0.2) is 59.5 Å². The number of nitrogens with two attached hydrogens (primary N) is 1.